The standard InChI is InChI=1S/C36H50F6O10/c1-19-9-11-25-21(3)33(35(37,38)39,47-27-31(25)23(19)13-15-29(5,45-27)49-51-31)43-17-7-8-18-44-34(36(40,41)42)22(4)26-12-10-20(2)24-14-16-30(6)46-28(48-34)32(24,26)52-50-30/h7-8,19-28H,9-18H2,1-6H3/b8-7+/t19-,20-,21-,22-,23+,24+,25+,26+,27+,28+,29-,30-,31-,32-,33-,34-/m1/s1. The van der Waals surface area contributed by atoms with E-state index < -0.39 is 96.2 Å². The molecule has 10 nitrogen and oxygen atoms in total. The van der Waals surface area contributed by atoms with Crippen molar-refractivity contribution < 1.29 is 74.3 Å². The lowest BCUT2D eigenvalue weighted by molar-refractivity contribution is -0.598. The highest BCUT2D eigenvalue weighted by Gasteiger charge is 2.79. The summed E-state index contributed by atoms with van der Waals surface area (Å²) in [5.74, 6) is -12.6. The van der Waals surface area contributed by atoms with Gasteiger partial charge >= 0.3 is 12.4 Å². The average Bonchev–Trinajstić information content (AvgIpc) is 3.43. The van der Waals surface area contributed by atoms with Crippen molar-refractivity contribution in [3.05, 3.63) is 12.2 Å². The molecule has 296 valence electrons. The van der Waals surface area contributed by atoms with E-state index >= 15 is 26.3 Å². The van der Waals surface area contributed by atoms with Crippen LogP contribution in [0.15, 0.2) is 12.2 Å². The van der Waals surface area contributed by atoms with Crippen LogP contribution in [0.4, 0.5) is 26.3 Å². The Balaban J connectivity index is 1.01. The smallest absolute Gasteiger partial charge is 0.338 e. The van der Waals surface area contributed by atoms with Crippen LogP contribution in [0.2, 0.25) is 0 Å². The molecule has 0 unspecified atom stereocenters. The summed E-state index contributed by atoms with van der Waals surface area (Å²) in [7, 11) is 0. The van der Waals surface area contributed by atoms with Crippen molar-refractivity contribution in [2.45, 2.75) is 152 Å². The van der Waals surface area contributed by atoms with Gasteiger partial charge in [-0.3, -0.25) is 0 Å². The van der Waals surface area contributed by atoms with Crippen LogP contribution in [0.1, 0.15) is 92.9 Å². The lowest BCUT2D eigenvalue weighted by atomic mass is 9.57. The number of rotatable bonds is 6. The molecule has 16 heteroatoms. The van der Waals surface area contributed by atoms with E-state index in [1.165, 1.54) is 26.0 Å². The molecule has 2 saturated carbocycles. The van der Waals surface area contributed by atoms with E-state index in [4.69, 9.17) is 48.0 Å². The summed E-state index contributed by atoms with van der Waals surface area (Å²) in [6.45, 7) is 8.93. The first kappa shape index (κ1) is 37.8. The number of hydrogen-bond acceptors (Lipinski definition) is 10. The van der Waals surface area contributed by atoms with Gasteiger partial charge in [-0.25, -0.2) is 19.6 Å². The van der Waals surface area contributed by atoms with Crippen molar-refractivity contribution in [1.29, 1.82) is 0 Å². The maximum absolute atomic E-state index is 15.2. The lowest BCUT2D eigenvalue weighted by Gasteiger charge is -2.62. The molecule has 0 aromatic rings. The van der Waals surface area contributed by atoms with Gasteiger partial charge in [0.15, 0.2) is 23.8 Å². The van der Waals surface area contributed by atoms with Crippen LogP contribution in [0.3, 0.4) is 0 Å². The van der Waals surface area contributed by atoms with Crippen LogP contribution < -0.4 is 0 Å². The Morgan fingerprint density at radius 2 is 0.923 bits per heavy atom. The molecule has 8 aliphatic heterocycles. The molecule has 0 radical (unpaired) electrons. The molecule has 0 amide bonds. The second-order valence-electron chi connectivity index (χ2n) is 17.1. The van der Waals surface area contributed by atoms with Crippen molar-refractivity contribution in [2.24, 2.45) is 47.3 Å². The van der Waals surface area contributed by atoms with Crippen LogP contribution in [-0.4, -0.2) is 72.5 Å². The van der Waals surface area contributed by atoms with Gasteiger partial charge in [0.1, 0.15) is 0 Å². The maximum Gasteiger partial charge on any atom is 0.443 e. The highest BCUT2D eigenvalue weighted by atomic mass is 19.4. The van der Waals surface area contributed by atoms with Gasteiger partial charge in [-0.1, -0.05) is 39.8 Å². The van der Waals surface area contributed by atoms with Crippen LogP contribution in [0.25, 0.3) is 0 Å². The number of hydrogen-bond donors (Lipinski definition) is 0. The molecule has 16 atom stereocenters. The van der Waals surface area contributed by atoms with Gasteiger partial charge in [0, 0.05) is 36.5 Å². The summed E-state index contributed by atoms with van der Waals surface area (Å²) >= 11 is 0. The van der Waals surface area contributed by atoms with Crippen LogP contribution in [0, 0.1) is 47.3 Å². The molecule has 4 bridgehead atoms. The van der Waals surface area contributed by atoms with Gasteiger partial charge in [0.2, 0.25) is 11.6 Å². The topological polar surface area (TPSA) is 92.3 Å². The molecule has 8 heterocycles. The van der Waals surface area contributed by atoms with Crippen LogP contribution in [-0.2, 0) is 48.0 Å². The van der Waals surface area contributed by atoms with Gasteiger partial charge in [-0.2, -0.15) is 26.3 Å². The molecule has 2 spiro atoms. The van der Waals surface area contributed by atoms with E-state index in [1.54, 1.807) is 13.8 Å². The van der Waals surface area contributed by atoms with E-state index in [0.29, 0.717) is 51.4 Å². The Hall–Kier alpha value is -1.08. The van der Waals surface area contributed by atoms with Gasteiger partial charge < -0.3 is 28.4 Å². The van der Waals surface area contributed by atoms with Crippen molar-refractivity contribution in [2.75, 3.05) is 13.2 Å². The SMILES string of the molecule is C[C@@H]1CC[C@H]2[C@@H](C)[C@](OC/C=C/CO[C@@]3(C(F)(F)F)O[C@@H]4O[C@@]5(C)CC[C@H]6[C@H](C)CC[C@@H]([C@H]3C)[C@@]46OO5)(C(F)(F)F)O[C@@H]3O[C@@]4(C)CC[C@@H]1[C@]32OO4. The van der Waals surface area contributed by atoms with E-state index in [1.807, 2.05) is 0 Å². The molecule has 10 rings (SSSR count). The predicted molar refractivity (Wildman–Crippen MR) is 165 cm³/mol. The molecule has 10 aliphatic rings. The highest BCUT2D eigenvalue weighted by molar-refractivity contribution is 5.14. The zero-order valence-corrected chi connectivity index (χ0v) is 30.3. The van der Waals surface area contributed by atoms with Crippen LogP contribution >= 0.6 is 0 Å². The third-order valence-electron chi connectivity index (χ3n) is 14.3. The fourth-order valence-electron chi connectivity index (χ4n) is 11.5. The zero-order chi connectivity index (χ0) is 37.3. The monoisotopic (exact) mass is 756 g/mol. The minimum absolute atomic E-state index is 0.141. The highest BCUT2D eigenvalue weighted by Crippen LogP contribution is 2.66. The fraction of sp³-hybridized carbons (Fsp3) is 0.944. The Morgan fingerprint density at radius 3 is 1.29 bits per heavy atom. The van der Waals surface area contributed by atoms with Gasteiger partial charge in [0.05, 0.1) is 13.2 Å². The summed E-state index contributed by atoms with van der Waals surface area (Å²) in [6, 6.07) is 0. The second kappa shape index (κ2) is 12.2. The van der Waals surface area contributed by atoms with Crippen molar-refractivity contribution >= 4 is 0 Å². The van der Waals surface area contributed by atoms with Crippen molar-refractivity contribution in [3.63, 3.8) is 0 Å². The largest absolute Gasteiger partial charge is 0.443 e. The number of alkyl halides is 6. The summed E-state index contributed by atoms with van der Waals surface area (Å²) in [4.78, 5) is 23.4. The quantitative estimate of drug-likeness (QED) is 0.152. The summed E-state index contributed by atoms with van der Waals surface area (Å²) < 4.78 is 126. The van der Waals surface area contributed by atoms with E-state index in [0.717, 1.165) is 0 Å². The minimum Gasteiger partial charge on any atom is -0.338 e. The van der Waals surface area contributed by atoms with E-state index in [2.05, 4.69) is 13.8 Å². The first-order valence-electron chi connectivity index (χ1n) is 18.8. The van der Waals surface area contributed by atoms with E-state index in [9.17, 15) is 0 Å². The van der Waals surface area contributed by atoms with Crippen molar-refractivity contribution in [1.82, 2.24) is 0 Å². The predicted octanol–water partition coefficient (Wildman–Crippen LogP) is 7.86. The first-order valence-corrected chi connectivity index (χ1v) is 18.8. The summed E-state index contributed by atoms with van der Waals surface area (Å²) in [5, 5.41) is 0. The summed E-state index contributed by atoms with van der Waals surface area (Å²) in [6.07, 6.45) is -6.13. The fourth-order valence-corrected chi connectivity index (χ4v) is 11.5. The average molecular weight is 757 g/mol. The third kappa shape index (κ3) is 5.13. The molecule has 0 aromatic carbocycles. The molecule has 52 heavy (non-hydrogen) atoms. The molecule has 8 saturated heterocycles. The van der Waals surface area contributed by atoms with Crippen LogP contribution in [0.5, 0.6) is 0 Å². The van der Waals surface area contributed by atoms with E-state index in [-0.39, 0.29) is 23.7 Å². The number of ether oxygens (including phenoxy) is 6. The molecule has 10 fully saturated rings. The molecular weight excluding hydrogens is 706 g/mol. The van der Waals surface area contributed by atoms with Gasteiger partial charge in [0.25, 0.3) is 11.6 Å². The van der Waals surface area contributed by atoms with Crippen molar-refractivity contribution in [3.8, 4) is 0 Å². The molecule has 0 aromatic heterocycles. The number of fused-ring (bicyclic) bond motifs is 4. The summed E-state index contributed by atoms with van der Waals surface area (Å²) in [5.41, 5.74) is -2.50. The van der Waals surface area contributed by atoms with Gasteiger partial charge in [-0.05, 0) is 76.0 Å². The normalized spacial score (nSPS) is 54.4. The molecule has 0 N–H and O–H groups in total. The second-order valence-corrected chi connectivity index (χ2v) is 17.1. The Morgan fingerprint density at radius 1 is 0.538 bits per heavy atom. The first-order chi connectivity index (χ1) is 24.3. The lowest BCUT2D eigenvalue weighted by Crippen LogP contribution is -2.76. The molecular formula is C36H50F6O10. The Bertz CT molecular complexity index is 1310. The number of halogens is 6. The maximum atomic E-state index is 15.2. The zero-order valence-electron chi connectivity index (χ0n) is 30.3. The Kier molecular flexibility index (Phi) is 8.88. The Labute approximate surface area is 299 Å². The minimum atomic E-state index is -4.99. The van der Waals surface area contributed by atoms with Gasteiger partial charge in [-0.15, -0.1) is 0 Å². The molecule has 2 aliphatic carbocycles. The third-order valence-corrected chi connectivity index (χ3v) is 14.3.